The molecule has 1 aliphatic rings. The lowest BCUT2D eigenvalue weighted by Gasteiger charge is -2.34. The minimum Gasteiger partial charge on any atom is -0.322 e. The van der Waals surface area contributed by atoms with Gasteiger partial charge in [-0.1, -0.05) is 40.5 Å². The molecule has 0 aliphatic carbocycles. The van der Waals surface area contributed by atoms with Gasteiger partial charge in [-0.05, 0) is 25.0 Å². The molecule has 1 heterocycles. The number of unbranched alkanes of at least 4 members (excludes halogenated alkanes) is 1. The zero-order valence-electron chi connectivity index (χ0n) is 13.1. The smallest absolute Gasteiger partial charge is 0.241 e. The zero-order chi connectivity index (χ0) is 14.4. The number of hydrogen-bond donors (Lipinski definition) is 1. The first-order valence-corrected chi connectivity index (χ1v) is 9.03. The Morgan fingerprint density at radius 3 is 2.53 bits per heavy atom. The van der Waals surface area contributed by atoms with E-state index < -0.39 is 0 Å². The lowest BCUT2D eigenvalue weighted by Crippen LogP contribution is -2.48. The van der Waals surface area contributed by atoms with Crippen molar-refractivity contribution >= 4 is 17.7 Å². The van der Waals surface area contributed by atoms with Gasteiger partial charge in [-0.15, -0.1) is 0 Å². The van der Waals surface area contributed by atoms with Gasteiger partial charge < -0.3 is 4.90 Å². The van der Waals surface area contributed by atoms with Gasteiger partial charge >= 0.3 is 0 Å². The maximum atomic E-state index is 12.7. The van der Waals surface area contributed by atoms with Crippen LogP contribution in [0.1, 0.15) is 53.4 Å². The summed E-state index contributed by atoms with van der Waals surface area (Å²) in [7, 11) is 0. The molecular formula is C15H30N2OS. The first-order chi connectivity index (χ1) is 9.06. The van der Waals surface area contributed by atoms with Crippen LogP contribution >= 0.6 is 11.8 Å². The summed E-state index contributed by atoms with van der Waals surface area (Å²) in [6.07, 6.45) is 6.63. The van der Waals surface area contributed by atoms with Gasteiger partial charge in [-0.2, -0.15) is 11.8 Å². The zero-order valence-corrected chi connectivity index (χ0v) is 13.9. The number of nitrogens with zero attached hydrogens (tertiary/aromatic N) is 1. The third-order valence-electron chi connectivity index (χ3n) is 3.93. The Morgan fingerprint density at radius 2 is 2.05 bits per heavy atom. The van der Waals surface area contributed by atoms with Crippen LogP contribution in [0.25, 0.3) is 0 Å². The van der Waals surface area contributed by atoms with Crippen molar-refractivity contribution in [1.82, 2.24) is 10.2 Å². The van der Waals surface area contributed by atoms with Crippen LogP contribution in [-0.2, 0) is 4.79 Å². The first kappa shape index (κ1) is 16.8. The third-order valence-corrected chi connectivity index (χ3v) is 4.64. The molecule has 3 unspecified atom stereocenters. The van der Waals surface area contributed by atoms with Gasteiger partial charge in [0.15, 0.2) is 0 Å². The SMILES string of the molecule is CCCCC1NC(C(C)C)N(C(CC)CSC)C1=O. The molecule has 0 bridgehead atoms. The Balaban J connectivity index is 2.81. The van der Waals surface area contributed by atoms with E-state index in [1.807, 2.05) is 11.8 Å². The van der Waals surface area contributed by atoms with Crippen molar-refractivity contribution in [2.45, 2.75) is 71.6 Å². The molecule has 3 nitrogen and oxygen atoms in total. The van der Waals surface area contributed by atoms with Crippen molar-refractivity contribution in [3.8, 4) is 0 Å². The number of carbonyl (C=O) groups is 1. The number of amides is 1. The highest BCUT2D eigenvalue weighted by molar-refractivity contribution is 7.98. The van der Waals surface area contributed by atoms with Crippen LogP contribution in [-0.4, -0.2) is 41.1 Å². The summed E-state index contributed by atoms with van der Waals surface area (Å²) >= 11 is 1.83. The highest BCUT2D eigenvalue weighted by Crippen LogP contribution is 2.25. The van der Waals surface area contributed by atoms with Gasteiger partial charge in [0, 0.05) is 11.8 Å². The molecule has 3 atom stereocenters. The maximum Gasteiger partial charge on any atom is 0.241 e. The van der Waals surface area contributed by atoms with Gasteiger partial charge in [-0.25, -0.2) is 0 Å². The van der Waals surface area contributed by atoms with Crippen molar-refractivity contribution in [2.75, 3.05) is 12.0 Å². The van der Waals surface area contributed by atoms with Crippen molar-refractivity contribution in [3.05, 3.63) is 0 Å². The van der Waals surface area contributed by atoms with E-state index in [1.165, 1.54) is 0 Å². The maximum absolute atomic E-state index is 12.7. The lowest BCUT2D eigenvalue weighted by molar-refractivity contribution is -0.132. The molecule has 0 spiro atoms. The molecule has 19 heavy (non-hydrogen) atoms. The Morgan fingerprint density at radius 1 is 1.37 bits per heavy atom. The van der Waals surface area contributed by atoms with Gasteiger partial charge in [0.2, 0.25) is 5.91 Å². The summed E-state index contributed by atoms with van der Waals surface area (Å²) in [6.45, 7) is 8.77. The van der Waals surface area contributed by atoms with E-state index in [1.54, 1.807) is 0 Å². The van der Waals surface area contributed by atoms with E-state index in [9.17, 15) is 4.79 Å². The number of thioether (sulfide) groups is 1. The Kier molecular flexibility index (Phi) is 7.22. The Hall–Kier alpha value is -0.220. The van der Waals surface area contributed by atoms with E-state index in [-0.39, 0.29) is 12.2 Å². The number of nitrogens with one attached hydrogen (secondary N) is 1. The van der Waals surface area contributed by atoms with Gasteiger partial charge in [0.05, 0.1) is 12.2 Å². The summed E-state index contributed by atoms with van der Waals surface area (Å²) in [5.41, 5.74) is 0. The minimum absolute atomic E-state index is 0.0447. The molecule has 0 aromatic rings. The molecule has 0 aromatic carbocycles. The summed E-state index contributed by atoms with van der Waals surface area (Å²) in [5.74, 6) is 1.83. The fourth-order valence-corrected chi connectivity index (χ4v) is 3.58. The molecule has 0 aromatic heterocycles. The number of hydrogen-bond acceptors (Lipinski definition) is 3. The summed E-state index contributed by atoms with van der Waals surface area (Å²) in [4.78, 5) is 14.8. The molecule has 0 saturated carbocycles. The second-order valence-electron chi connectivity index (χ2n) is 5.81. The highest BCUT2D eigenvalue weighted by Gasteiger charge is 2.42. The molecule has 0 radical (unpaired) electrons. The number of carbonyl (C=O) groups excluding carboxylic acids is 1. The predicted molar refractivity (Wildman–Crippen MR) is 84.4 cm³/mol. The quantitative estimate of drug-likeness (QED) is 0.744. The Labute approximate surface area is 122 Å². The van der Waals surface area contributed by atoms with E-state index in [0.717, 1.165) is 31.4 Å². The second-order valence-corrected chi connectivity index (χ2v) is 6.72. The van der Waals surface area contributed by atoms with Crippen molar-refractivity contribution in [1.29, 1.82) is 0 Å². The molecule has 1 aliphatic heterocycles. The monoisotopic (exact) mass is 286 g/mol. The van der Waals surface area contributed by atoms with Crippen molar-refractivity contribution in [3.63, 3.8) is 0 Å². The summed E-state index contributed by atoms with van der Waals surface area (Å²) in [5, 5.41) is 3.57. The van der Waals surface area contributed by atoms with E-state index in [4.69, 9.17) is 0 Å². The summed E-state index contributed by atoms with van der Waals surface area (Å²) in [6, 6.07) is 0.414. The predicted octanol–water partition coefficient (Wildman–Crippen LogP) is 3.10. The van der Waals surface area contributed by atoms with Gasteiger partial charge in [0.25, 0.3) is 0 Å². The van der Waals surface area contributed by atoms with Gasteiger partial charge in [-0.3, -0.25) is 10.1 Å². The standard InChI is InChI=1S/C15H30N2OS/c1-6-8-9-13-15(18)17(12(7-2)10-19-5)14(16-13)11(3)4/h11-14,16H,6-10H2,1-5H3. The topological polar surface area (TPSA) is 32.3 Å². The molecule has 1 N–H and O–H groups in total. The normalized spacial score (nSPS) is 25.4. The van der Waals surface area contributed by atoms with Crippen LogP contribution < -0.4 is 5.32 Å². The second kappa shape index (κ2) is 8.15. The molecular weight excluding hydrogens is 256 g/mol. The van der Waals surface area contributed by atoms with Crippen LogP contribution in [0.15, 0.2) is 0 Å². The van der Waals surface area contributed by atoms with Crippen LogP contribution in [0.5, 0.6) is 0 Å². The van der Waals surface area contributed by atoms with E-state index in [2.05, 4.69) is 44.2 Å². The first-order valence-electron chi connectivity index (χ1n) is 7.63. The highest BCUT2D eigenvalue weighted by atomic mass is 32.2. The summed E-state index contributed by atoms with van der Waals surface area (Å²) < 4.78 is 0. The molecule has 4 heteroatoms. The Bertz CT molecular complexity index is 283. The van der Waals surface area contributed by atoms with Crippen LogP contribution in [0, 0.1) is 5.92 Å². The van der Waals surface area contributed by atoms with Crippen LogP contribution in [0.4, 0.5) is 0 Å². The minimum atomic E-state index is 0.0447. The van der Waals surface area contributed by atoms with Crippen molar-refractivity contribution < 1.29 is 4.79 Å². The van der Waals surface area contributed by atoms with Crippen molar-refractivity contribution in [2.24, 2.45) is 5.92 Å². The average molecular weight is 286 g/mol. The molecule has 1 rings (SSSR count). The molecule has 112 valence electrons. The molecule has 1 saturated heterocycles. The van der Waals surface area contributed by atoms with Crippen LogP contribution in [0.2, 0.25) is 0 Å². The van der Waals surface area contributed by atoms with Crippen LogP contribution in [0.3, 0.4) is 0 Å². The fraction of sp³-hybridized carbons (Fsp3) is 0.933. The fourth-order valence-electron chi connectivity index (χ4n) is 2.80. The average Bonchev–Trinajstić information content (AvgIpc) is 2.71. The van der Waals surface area contributed by atoms with E-state index >= 15 is 0 Å². The number of rotatable bonds is 8. The molecule has 1 fully saturated rings. The van der Waals surface area contributed by atoms with Gasteiger partial charge in [0.1, 0.15) is 0 Å². The third kappa shape index (κ3) is 4.12. The van der Waals surface area contributed by atoms with E-state index in [0.29, 0.717) is 17.9 Å². The lowest BCUT2D eigenvalue weighted by atomic mass is 10.1. The molecule has 1 amide bonds. The largest absolute Gasteiger partial charge is 0.322 e.